The quantitative estimate of drug-likeness (QED) is 0.523. The van der Waals surface area contributed by atoms with Crippen LogP contribution in [0.4, 0.5) is 33.6 Å². The predicted octanol–water partition coefficient (Wildman–Crippen LogP) is 4.04. The van der Waals surface area contributed by atoms with Gasteiger partial charge in [-0.3, -0.25) is 4.57 Å². The molecule has 0 unspecified atom stereocenters. The van der Waals surface area contributed by atoms with Crippen LogP contribution in [-0.4, -0.2) is 46.6 Å². The lowest BCUT2D eigenvalue weighted by atomic mass is 10.2. The topological polar surface area (TPSA) is 54.3 Å². The van der Waals surface area contributed by atoms with Crippen LogP contribution in [0.2, 0.25) is 0 Å². The Morgan fingerprint density at radius 2 is 1.67 bits per heavy atom. The van der Waals surface area contributed by atoms with Gasteiger partial charge in [0.15, 0.2) is 0 Å². The van der Waals surface area contributed by atoms with Crippen molar-refractivity contribution in [2.75, 3.05) is 36.0 Å². The molecule has 1 fully saturated rings. The van der Waals surface area contributed by atoms with E-state index in [1.54, 1.807) is 35.2 Å². The van der Waals surface area contributed by atoms with Crippen LogP contribution >= 0.6 is 11.3 Å². The van der Waals surface area contributed by atoms with Crippen LogP contribution in [0.25, 0.3) is 0 Å². The Morgan fingerprint density at radius 1 is 1.00 bits per heavy atom. The highest BCUT2D eigenvalue weighted by Crippen LogP contribution is 2.34. The number of aryl methyl sites for hydroxylation is 1. The van der Waals surface area contributed by atoms with Crippen molar-refractivity contribution in [1.29, 1.82) is 0 Å². The summed E-state index contributed by atoms with van der Waals surface area (Å²) in [7, 11) is 0. The zero-order valence-electron chi connectivity index (χ0n) is 17.5. The average Bonchev–Trinajstić information content (AvgIpc) is 3.16. The molecular weight excluding hydrogens is 465 g/mol. The van der Waals surface area contributed by atoms with Gasteiger partial charge in [0.25, 0.3) is 5.92 Å². The van der Waals surface area contributed by atoms with E-state index in [0.29, 0.717) is 21.9 Å². The largest absolute Gasteiger partial charge is 0.425 e. The molecule has 2 aromatic heterocycles. The Labute approximate surface area is 189 Å². The molecule has 0 saturated carbocycles. The first-order valence-corrected chi connectivity index (χ1v) is 10.9. The summed E-state index contributed by atoms with van der Waals surface area (Å²) >= 11 is 0.530. The molecule has 0 spiro atoms. The van der Waals surface area contributed by atoms with Gasteiger partial charge < -0.3 is 9.80 Å². The van der Waals surface area contributed by atoms with Crippen molar-refractivity contribution in [2.45, 2.75) is 25.6 Å². The number of hydrogen-bond acceptors (Lipinski definition) is 6. The third-order valence-electron chi connectivity index (χ3n) is 5.22. The minimum atomic E-state index is -4.46. The molecule has 4 rings (SSSR count). The second-order valence-electron chi connectivity index (χ2n) is 7.74. The number of nitrogens with zero attached hydrogens (tertiary/aromatic N) is 5. The molecule has 6 nitrogen and oxygen atoms in total. The van der Waals surface area contributed by atoms with E-state index in [0.717, 1.165) is 10.6 Å². The number of anilines is 2. The smallest absolute Gasteiger partial charge is 0.364 e. The Hall–Kier alpha value is -3.02. The van der Waals surface area contributed by atoms with E-state index in [1.807, 2.05) is 0 Å². The van der Waals surface area contributed by atoms with E-state index in [2.05, 4.69) is 9.97 Å². The number of rotatable bonds is 4. The average molecular weight is 485 g/mol. The molecule has 0 bridgehead atoms. The summed E-state index contributed by atoms with van der Waals surface area (Å²) in [4.78, 5) is 23.1. The molecule has 12 heteroatoms. The Kier molecular flexibility index (Phi) is 6.12. The number of thiophene rings is 1. The van der Waals surface area contributed by atoms with Gasteiger partial charge >= 0.3 is 11.9 Å². The van der Waals surface area contributed by atoms with Crippen molar-refractivity contribution in [3.05, 3.63) is 68.5 Å². The maximum Gasteiger partial charge on any atom is 0.425 e. The minimum Gasteiger partial charge on any atom is -0.364 e. The second-order valence-corrected chi connectivity index (χ2v) is 8.91. The van der Waals surface area contributed by atoms with Crippen molar-refractivity contribution in [3.63, 3.8) is 0 Å². The number of hydrogen-bond donors (Lipinski definition) is 0. The lowest BCUT2D eigenvalue weighted by molar-refractivity contribution is -0.134. The summed E-state index contributed by atoms with van der Waals surface area (Å²) in [5.74, 6) is -3.02. The van der Waals surface area contributed by atoms with Gasteiger partial charge in [-0.1, -0.05) is 18.2 Å². The van der Waals surface area contributed by atoms with E-state index in [1.165, 1.54) is 17.9 Å². The fourth-order valence-electron chi connectivity index (χ4n) is 3.65. The van der Waals surface area contributed by atoms with E-state index in [4.69, 9.17) is 0 Å². The SMILES string of the molecule is Cc1nc(N2CCN(c3ccccc3)CC(F)(F)C2)nc(=O)n1Cc1ccc(C(F)(F)F)s1. The van der Waals surface area contributed by atoms with E-state index in [-0.39, 0.29) is 31.4 Å². The monoisotopic (exact) mass is 485 g/mol. The second kappa shape index (κ2) is 8.73. The van der Waals surface area contributed by atoms with Crippen molar-refractivity contribution < 1.29 is 22.0 Å². The van der Waals surface area contributed by atoms with Crippen LogP contribution in [0, 0.1) is 6.92 Å². The number of para-hydroxylation sites is 1. The fraction of sp³-hybridized carbons (Fsp3) is 0.381. The lowest BCUT2D eigenvalue weighted by Crippen LogP contribution is -2.41. The normalized spacial score (nSPS) is 16.7. The van der Waals surface area contributed by atoms with Crippen LogP contribution in [0.15, 0.2) is 47.3 Å². The van der Waals surface area contributed by atoms with E-state index in [9.17, 15) is 26.7 Å². The third-order valence-corrected chi connectivity index (χ3v) is 6.34. The van der Waals surface area contributed by atoms with Crippen molar-refractivity contribution in [2.24, 2.45) is 0 Å². The Morgan fingerprint density at radius 3 is 2.30 bits per heavy atom. The minimum absolute atomic E-state index is 0.120. The molecule has 1 aromatic carbocycles. The molecule has 0 atom stereocenters. The van der Waals surface area contributed by atoms with Crippen LogP contribution in [0.1, 0.15) is 15.6 Å². The third kappa shape index (κ3) is 5.32. The summed E-state index contributed by atoms with van der Waals surface area (Å²) in [6, 6.07) is 11.1. The molecule has 3 heterocycles. The molecule has 1 aliphatic heterocycles. The zero-order valence-corrected chi connectivity index (χ0v) is 18.3. The van der Waals surface area contributed by atoms with Gasteiger partial charge in [-0.15, -0.1) is 11.3 Å². The van der Waals surface area contributed by atoms with Crippen LogP contribution in [-0.2, 0) is 12.7 Å². The maximum atomic E-state index is 14.7. The van der Waals surface area contributed by atoms with Crippen LogP contribution < -0.4 is 15.5 Å². The summed E-state index contributed by atoms with van der Waals surface area (Å²) in [6.07, 6.45) is -4.46. The fourth-order valence-corrected chi connectivity index (χ4v) is 4.51. The molecular formula is C21H20F5N5OS. The van der Waals surface area contributed by atoms with Gasteiger partial charge in [0.05, 0.1) is 19.6 Å². The molecule has 33 heavy (non-hydrogen) atoms. The molecule has 0 amide bonds. The highest BCUT2D eigenvalue weighted by atomic mass is 32.1. The Balaban J connectivity index is 1.56. The first-order chi connectivity index (χ1) is 15.5. The molecule has 176 valence electrons. The van der Waals surface area contributed by atoms with Crippen molar-refractivity contribution in [3.8, 4) is 0 Å². The van der Waals surface area contributed by atoms with Crippen LogP contribution in [0.5, 0.6) is 0 Å². The van der Waals surface area contributed by atoms with Crippen LogP contribution in [0.3, 0.4) is 0 Å². The predicted molar refractivity (Wildman–Crippen MR) is 115 cm³/mol. The molecule has 1 saturated heterocycles. The number of halogens is 5. The van der Waals surface area contributed by atoms with Crippen molar-refractivity contribution >= 4 is 23.0 Å². The lowest BCUT2D eigenvalue weighted by Gasteiger charge is -2.25. The number of aromatic nitrogens is 3. The Bertz CT molecular complexity index is 1180. The zero-order chi connectivity index (χ0) is 23.8. The van der Waals surface area contributed by atoms with Gasteiger partial charge in [-0.05, 0) is 31.2 Å². The molecule has 0 radical (unpaired) electrons. The summed E-state index contributed by atoms with van der Waals surface area (Å²) in [6.45, 7) is 0.678. The van der Waals surface area contributed by atoms with Gasteiger partial charge in [-0.2, -0.15) is 23.1 Å². The molecule has 1 aliphatic rings. The number of benzene rings is 1. The van der Waals surface area contributed by atoms with E-state index < -0.39 is 35.8 Å². The molecule has 0 N–H and O–H groups in total. The standard InChI is InChI=1S/C21H20F5N5OS/c1-14-27-18(28-19(32)31(14)11-16-7-8-17(33-16)21(24,25)26)30-10-9-29(12-20(22,23)13-30)15-5-3-2-4-6-15/h2-8H,9-13H2,1H3. The van der Waals surface area contributed by atoms with Gasteiger partial charge in [-0.25, -0.2) is 13.6 Å². The molecule has 0 aliphatic carbocycles. The first kappa shape index (κ1) is 23.1. The summed E-state index contributed by atoms with van der Waals surface area (Å²) in [5, 5.41) is 0. The van der Waals surface area contributed by atoms with Crippen molar-refractivity contribution in [1.82, 2.24) is 14.5 Å². The summed E-state index contributed by atoms with van der Waals surface area (Å²) < 4.78 is 69.0. The van der Waals surface area contributed by atoms with Gasteiger partial charge in [0.2, 0.25) is 5.95 Å². The number of alkyl halides is 5. The molecule has 3 aromatic rings. The van der Waals surface area contributed by atoms with E-state index >= 15 is 0 Å². The summed E-state index contributed by atoms with van der Waals surface area (Å²) in [5.41, 5.74) is -0.0901. The van der Waals surface area contributed by atoms with Gasteiger partial charge in [0, 0.05) is 23.7 Å². The maximum absolute atomic E-state index is 14.7. The first-order valence-electron chi connectivity index (χ1n) is 10.1. The van der Waals surface area contributed by atoms with Gasteiger partial charge in [0.1, 0.15) is 10.7 Å². The highest BCUT2D eigenvalue weighted by molar-refractivity contribution is 7.12. The highest BCUT2D eigenvalue weighted by Gasteiger charge is 2.38.